The quantitative estimate of drug-likeness (QED) is 0.536. The maximum atomic E-state index is 12.1. The maximum Gasteiger partial charge on any atom is 0.340 e. The number of nitrogens with zero attached hydrogens (tertiary/aromatic N) is 2. The first-order valence-electron chi connectivity index (χ1n) is 7.76. The second-order valence-corrected chi connectivity index (χ2v) is 5.70. The molecule has 24 heavy (non-hydrogen) atoms. The maximum absolute atomic E-state index is 12.1. The first kappa shape index (κ1) is 14.5. The molecule has 0 spiro atoms. The number of ether oxygens (including phenoxy) is 1. The molecular formula is C20H16N2O2. The molecule has 0 fully saturated rings. The van der Waals surface area contributed by atoms with E-state index in [4.69, 9.17) is 4.74 Å². The lowest BCUT2D eigenvalue weighted by atomic mass is 10.1. The van der Waals surface area contributed by atoms with Crippen LogP contribution in [0, 0.1) is 0 Å². The Labute approximate surface area is 139 Å². The largest absolute Gasteiger partial charge is 0.465 e. The van der Waals surface area contributed by atoms with E-state index in [1.165, 1.54) is 7.11 Å². The molecular weight excluding hydrogens is 300 g/mol. The molecule has 0 saturated carbocycles. The van der Waals surface area contributed by atoms with Crippen molar-refractivity contribution in [3.8, 4) is 0 Å². The number of hydrogen-bond acceptors (Lipinski definition) is 3. The Bertz CT molecular complexity index is 1050. The second kappa shape index (κ2) is 5.81. The van der Waals surface area contributed by atoms with Crippen LogP contribution in [0.15, 0.2) is 67.0 Å². The molecule has 2 aromatic heterocycles. The van der Waals surface area contributed by atoms with Crippen LogP contribution >= 0.6 is 0 Å². The molecule has 4 rings (SSSR count). The lowest BCUT2D eigenvalue weighted by Crippen LogP contribution is -2.07. The van der Waals surface area contributed by atoms with E-state index >= 15 is 0 Å². The normalized spacial score (nSPS) is 11.0. The van der Waals surface area contributed by atoms with E-state index in [2.05, 4.69) is 17.1 Å². The number of fused-ring (bicyclic) bond motifs is 2. The molecule has 2 heterocycles. The molecule has 4 nitrogen and oxygen atoms in total. The Hall–Kier alpha value is -3.14. The molecule has 0 aliphatic carbocycles. The molecule has 2 aromatic carbocycles. The minimum Gasteiger partial charge on any atom is -0.465 e. The van der Waals surface area contributed by atoms with Crippen molar-refractivity contribution < 1.29 is 9.53 Å². The monoisotopic (exact) mass is 316 g/mol. The van der Waals surface area contributed by atoms with Gasteiger partial charge in [0, 0.05) is 23.2 Å². The van der Waals surface area contributed by atoms with E-state index in [1.54, 1.807) is 6.07 Å². The Morgan fingerprint density at radius 1 is 1.04 bits per heavy atom. The van der Waals surface area contributed by atoms with Crippen molar-refractivity contribution in [1.29, 1.82) is 0 Å². The molecule has 0 N–H and O–H groups in total. The highest BCUT2D eigenvalue weighted by atomic mass is 16.5. The van der Waals surface area contributed by atoms with E-state index in [-0.39, 0.29) is 5.97 Å². The molecule has 4 aromatic rings. The van der Waals surface area contributed by atoms with E-state index < -0.39 is 0 Å². The fourth-order valence-electron chi connectivity index (χ4n) is 3.06. The number of aromatic nitrogens is 2. The van der Waals surface area contributed by atoms with Crippen LogP contribution in [0.2, 0.25) is 0 Å². The van der Waals surface area contributed by atoms with Gasteiger partial charge in [-0.1, -0.05) is 36.4 Å². The molecule has 0 aliphatic rings. The molecule has 0 unspecified atom stereocenters. The van der Waals surface area contributed by atoms with Crippen molar-refractivity contribution in [1.82, 2.24) is 9.55 Å². The summed E-state index contributed by atoms with van der Waals surface area (Å²) in [6.45, 7) is 0.600. The topological polar surface area (TPSA) is 44.1 Å². The zero-order valence-corrected chi connectivity index (χ0v) is 13.3. The van der Waals surface area contributed by atoms with Gasteiger partial charge in [-0.3, -0.25) is 4.98 Å². The SMILES string of the molecule is COC(=O)c1cccc2ccn(Cc3cc4ccccc4cn3)c12. The van der Waals surface area contributed by atoms with Gasteiger partial charge in [-0.25, -0.2) is 4.79 Å². The minimum absolute atomic E-state index is 0.327. The third-order valence-corrected chi connectivity index (χ3v) is 4.21. The van der Waals surface area contributed by atoms with Gasteiger partial charge in [0.05, 0.1) is 30.4 Å². The number of carbonyl (C=O) groups is 1. The van der Waals surface area contributed by atoms with Crippen LogP contribution in [0.25, 0.3) is 21.7 Å². The van der Waals surface area contributed by atoms with Crippen LogP contribution in [0.5, 0.6) is 0 Å². The highest BCUT2D eigenvalue weighted by Gasteiger charge is 2.14. The fourth-order valence-corrected chi connectivity index (χ4v) is 3.06. The average Bonchev–Trinajstić information content (AvgIpc) is 3.04. The van der Waals surface area contributed by atoms with Crippen molar-refractivity contribution in [2.45, 2.75) is 6.54 Å². The number of methoxy groups -OCH3 is 1. The van der Waals surface area contributed by atoms with Gasteiger partial charge in [0.25, 0.3) is 0 Å². The predicted octanol–water partition coefficient (Wildman–Crippen LogP) is 4.02. The van der Waals surface area contributed by atoms with Gasteiger partial charge in [-0.15, -0.1) is 0 Å². The molecule has 0 amide bonds. The summed E-state index contributed by atoms with van der Waals surface area (Å²) in [5.41, 5.74) is 2.39. The fraction of sp³-hybridized carbons (Fsp3) is 0.100. The molecule has 0 saturated heterocycles. The summed E-state index contributed by atoms with van der Waals surface area (Å²) < 4.78 is 6.95. The molecule has 4 heteroatoms. The average molecular weight is 316 g/mol. The Morgan fingerprint density at radius 2 is 1.83 bits per heavy atom. The highest BCUT2D eigenvalue weighted by Crippen LogP contribution is 2.23. The molecule has 0 radical (unpaired) electrons. The predicted molar refractivity (Wildman–Crippen MR) is 94.1 cm³/mol. The van der Waals surface area contributed by atoms with Crippen molar-refractivity contribution in [3.05, 3.63) is 78.2 Å². The number of esters is 1. The standard InChI is InChI=1S/C20H16N2O2/c1-24-20(23)18-8-4-7-14-9-10-22(19(14)18)13-17-11-15-5-2-3-6-16(15)12-21-17/h2-12H,13H2,1H3. The summed E-state index contributed by atoms with van der Waals surface area (Å²) in [4.78, 5) is 16.6. The zero-order chi connectivity index (χ0) is 16.5. The lowest BCUT2D eigenvalue weighted by Gasteiger charge is -2.09. The summed E-state index contributed by atoms with van der Waals surface area (Å²) in [5, 5.41) is 3.29. The number of rotatable bonds is 3. The van der Waals surface area contributed by atoms with E-state index in [0.717, 1.165) is 27.4 Å². The Kier molecular flexibility index (Phi) is 3.50. The van der Waals surface area contributed by atoms with Gasteiger partial charge < -0.3 is 9.30 Å². The smallest absolute Gasteiger partial charge is 0.340 e. The van der Waals surface area contributed by atoms with Crippen molar-refractivity contribution in [3.63, 3.8) is 0 Å². The summed E-state index contributed by atoms with van der Waals surface area (Å²) in [6, 6.07) is 17.9. The third-order valence-electron chi connectivity index (χ3n) is 4.21. The van der Waals surface area contributed by atoms with Crippen LogP contribution in [-0.4, -0.2) is 22.6 Å². The van der Waals surface area contributed by atoms with E-state index in [0.29, 0.717) is 12.1 Å². The van der Waals surface area contributed by atoms with Gasteiger partial charge in [0.15, 0.2) is 0 Å². The Morgan fingerprint density at radius 3 is 2.67 bits per heavy atom. The van der Waals surface area contributed by atoms with Crippen LogP contribution < -0.4 is 0 Å². The summed E-state index contributed by atoms with van der Waals surface area (Å²) in [5.74, 6) is -0.327. The lowest BCUT2D eigenvalue weighted by molar-refractivity contribution is 0.0602. The van der Waals surface area contributed by atoms with Crippen LogP contribution in [0.4, 0.5) is 0 Å². The summed E-state index contributed by atoms with van der Waals surface area (Å²) in [6.07, 6.45) is 3.87. The zero-order valence-electron chi connectivity index (χ0n) is 13.3. The molecule has 0 atom stereocenters. The van der Waals surface area contributed by atoms with E-state index in [9.17, 15) is 4.79 Å². The highest BCUT2D eigenvalue weighted by molar-refractivity contribution is 6.03. The molecule has 0 bridgehead atoms. The van der Waals surface area contributed by atoms with Crippen LogP contribution in [-0.2, 0) is 11.3 Å². The Balaban J connectivity index is 1.80. The van der Waals surface area contributed by atoms with Crippen molar-refractivity contribution >= 4 is 27.6 Å². The van der Waals surface area contributed by atoms with Crippen molar-refractivity contribution in [2.24, 2.45) is 0 Å². The van der Waals surface area contributed by atoms with Gasteiger partial charge in [0.2, 0.25) is 0 Å². The molecule has 0 aliphatic heterocycles. The van der Waals surface area contributed by atoms with Crippen LogP contribution in [0.1, 0.15) is 16.1 Å². The first-order valence-corrected chi connectivity index (χ1v) is 7.76. The van der Waals surface area contributed by atoms with Crippen molar-refractivity contribution in [2.75, 3.05) is 7.11 Å². The number of pyridine rings is 1. The minimum atomic E-state index is -0.327. The summed E-state index contributed by atoms with van der Waals surface area (Å²) >= 11 is 0. The number of para-hydroxylation sites is 1. The number of benzene rings is 2. The second-order valence-electron chi connectivity index (χ2n) is 5.70. The third kappa shape index (κ3) is 2.42. The number of carbonyl (C=O) groups excluding carboxylic acids is 1. The van der Waals surface area contributed by atoms with E-state index in [1.807, 2.05) is 53.4 Å². The van der Waals surface area contributed by atoms with Gasteiger partial charge in [-0.2, -0.15) is 0 Å². The van der Waals surface area contributed by atoms with Gasteiger partial charge >= 0.3 is 5.97 Å². The first-order chi connectivity index (χ1) is 11.8. The van der Waals surface area contributed by atoms with Gasteiger partial charge in [-0.05, 0) is 23.6 Å². The van der Waals surface area contributed by atoms with Gasteiger partial charge in [0.1, 0.15) is 0 Å². The molecule has 118 valence electrons. The summed E-state index contributed by atoms with van der Waals surface area (Å²) in [7, 11) is 1.40. The number of hydrogen-bond donors (Lipinski definition) is 0. The van der Waals surface area contributed by atoms with Crippen LogP contribution in [0.3, 0.4) is 0 Å².